The smallest absolute Gasteiger partial charge is 0.296 e. The molecule has 2 N–H and O–H groups in total. The number of hydrogen-bond donors (Lipinski definition) is 2. The summed E-state index contributed by atoms with van der Waals surface area (Å²) in [5.74, 6) is 0.720. The number of sulfonamides is 1. The lowest BCUT2D eigenvalue weighted by atomic mass is 9.96. The van der Waals surface area contributed by atoms with E-state index in [9.17, 15) is 18.5 Å². The fourth-order valence-corrected chi connectivity index (χ4v) is 6.40. The highest BCUT2D eigenvalue weighted by atomic mass is 32.2. The number of pyridine rings is 1. The van der Waals surface area contributed by atoms with Crippen molar-refractivity contribution in [2.75, 3.05) is 30.1 Å². The van der Waals surface area contributed by atoms with Crippen LogP contribution < -0.4 is 24.4 Å². The molecule has 1 fully saturated rings. The van der Waals surface area contributed by atoms with Gasteiger partial charge in [0.1, 0.15) is 17.2 Å². The summed E-state index contributed by atoms with van der Waals surface area (Å²) in [6, 6.07) is 16.6. The molecule has 1 aliphatic rings. The number of nitro benzene ring substituents is 1. The van der Waals surface area contributed by atoms with Crippen molar-refractivity contribution in [2.45, 2.75) is 25.9 Å². The average molecular weight is 623 g/mol. The van der Waals surface area contributed by atoms with Crippen LogP contribution in [0.4, 0.5) is 17.1 Å². The maximum absolute atomic E-state index is 12.1. The van der Waals surface area contributed by atoms with Crippen LogP contribution in [0.15, 0.2) is 66.9 Å². The zero-order valence-corrected chi connectivity index (χ0v) is 25.7. The topological polar surface area (TPSA) is 141 Å². The van der Waals surface area contributed by atoms with E-state index in [2.05, 4.69) is 15.0 Å². The van der Waals surface area contributed by atoms with Gasteiger partial charge in [-0.15, -0.1) is 0 Å². The van der Waals surface area contributed by atoms with Crippen molar-refractivity contribution in [3.05, 3.63) is 99.6 Å². The van der Waals surface area contributed by atoms with E-state index in [-0.39, 0.29) is 11.4 Å². The van der Waals surface area contributed by atoms with E-state index in [1.807, 2.05) is 47.6 Å². The highest BCUT2D eigenvalue weighted by molar-refractivity contribution is 7.92. The molecule has 0 aliphatic carbocycles. The number of rotatable bonds is 9. The van der Waals surface area contributed by atoms with E-state index in [4.69, 9.17) is 21.7 Å². The SMILES string of the molecule is COc1ccc(-n2c(C)cc(C3C(c4ccccn4)NC(=S)N3c3ccc(OC)c(NS(C)(=O)=O)c3)c2C)c([N+](=O)[O-])c1. The van der Waals surface area contributed by atoms with Gasteiger partial charge in [-0.3, -0.25) is 19.8 Å². The van der Waals surface area contributed by atoms with E-state index in [0.29, 0.717) is 28.0 Å². The molecule has 12 nitrogen and oxygen atoms in total. The Balaban J connectivity index is 1.71. The molecule has 1 aliphatic heterocycles. The number of benzene rings is 2. The van der Waals surface area contributed by atoms with Crippen LogP contribution in [0.25, 0.3) is 5.69 Å². The number of thiocarbonyl (C=S) groups is 1. The fraction of sp³-hybridized carbons (Fsp3) is 0.241. The largest absolute Gasteiger partial charge is 0.496 e. The molecule has 5 rings (SSSR count). The van der Waals surface area contributed by atoms with Gasteiger partial charge >= 0.3 is 0 Å². The zero-order chi connectivity index (χ0) is 31.1. The van der Waals surface area contributed by atoms with Crippen molar-refractivity contribution in [1.82, 2.24) is 14.9 Å². The van der Waals surface area contributed by atoms with Crippen LogP contribution in [0.3, 0.4) is 0 Å². The van der Waals surface area contributed by atoms with Crippen LogP contribution in [0.5, 0.6) is 11.5 Å². The monoisotopic (exact) mass is 622 g/mol. The Morgan fingerprint density at radius 2 is 1.84 bits per heavy atom. The van der Waals surface area contributed by atoms with Crippen molar-refractivity contribution in [3.63, 3.8) is 0 Å². The maximum atomic E-state index is 12.1. The van der Waals surface area contributed by atoms with Crippen LogP contribution in [0, 0.1) is 24.0 Å². The van der Waals surface area contributed by atoms with Gasteiger partial charge in [0.05, 0.1) is 54.9 Å². The normalized spacial score (nSPS) is 16.6. The Morgan fingerprint density at radius 3 is 2.47 bits per heavy atom. The van der Waals surface area contributed by atoms with Gasteiger partial charge in [-0.2, -0.15) is 0 Å². The van der Waals surface area contributed by atoms with Crippen molar-refractivity contribution >= 4 is 44.4 Å². The predicted octanol–water partition coefficient (Wildman–Crippen LogP) is 4.96. The average Bonchev–Trinajstić information content (AvgIpc) is 3.46. The molecule has 14 heteroatoms. The Labute approximate surface area is 254 Å². The zero-order valence-electron chi connectivity index (χ0n) is 24.1. The van der Waals surface area contributed by atoms with Gasteiger partial charge < -0.3 is 24.3 Å². The van der Waals surface area contributed by atoms with Crippen LogP contribution in [0.1, 0.15) is 34.7 Å². The minimum absolute atomic E-state index is 0.0995. The third-order valence-electron chi connectivity index (χ3n) is 7.26. The quantitative estimate of drug-likeness (QED) is 0.149. The lowest BCUT2D eigenvalue weighted by molar-refractivity contribution is -0.384. The molecule has 2 aromatic carbocycles. The van der Waals surface area contributed by atoms with Crippen molar-refractivity contribution in [1.29, 1.82) is 0 Å². The molecule has 2 atom stereocenters. The van der Waals surface area contributed by atoms with Crippen LogP contribution in [-0.4, -0.2) is 48.5 Å². The van der Waals surface area contributed by atoms with Gasteiger partial charge in [0.25, 0.3) is 5.69 Å². The summed E-state index contributed by atoms with van der Waals surface area (Å²) < 4.78 is 39.3. The molecule has 0 spiro atoms. The molecule has 43 heavy (non-hydrogen) atoms. The Hall–Kier alpha value is -4.69. The molecule has 0 saturated carbocycles. The number of methoxy groups -OCH3 is 2. The second-order valence-corrected chi connectivity index (χ2v) is 12.2. The summed E-state index contributed by atoms with van der Waals surface area (Å²) in [6.45, 7) is 3.78. The van der Waals surface area contributed by atoms with Crippen molar-refractivity contribution < 1.29 is 22.8 Å². The minimum Gasteiger partial charge on any atom is -0.496 e. The number of nitrogens with one attached hydrogen (secondary N) is 2. The molecule has 3 heterocycles. The lowest BCUT2D eigenvalue weighted by Gasteiger charge is -2.29. The molecule has 4 aromatic rings. The summed E-state index contributed by atoms with van der Waals surface area (Å²) >= 11 is 5.86. The molecular formula is C29H30N6O6S2. The third-order valence-corrected chi connectivity index (χ3v) is 8.17. The number of ether oxygens (including phenoxy) is 2. The summed E-state index contributed by atoms with van der Waals surface area (Å²) in [5.41, 5.74) is 4.27. The minimum atomic E-state index is -3.61. The van der Waals surface area contributed by atoms with E-state index in [1.165, 1.54) is 20.3 Å². The van der Waals surface area contributed by atoms with Crippen LogP contribution >= 0.6 is 12.2 Å². The molecule has 224 valence electrons. The van der Waals surface area contributed by atoms with Crippen molar-refractivity contribution in [2.24, 2.45) is 0 Å². The highest BCUT2D eigenvalue weighted by Crippen LogP contribution is 2.45. The summed E-state index contributed by atoms with van der Waals surface area (Å²) in [7, 11) is -0.697. The number of hydrogen-bond acceptors (Lipinski definition) is 8. The first-order valence-corrected chi connectivity index (χ1v) is 15.4. The third kappa shape index (κ3) is 5.70. The van der Waals surface area contributed by atoms with E-state index >= 15 is 0 Å². The Bertz CT molecular complexity index is 1830. The molecule has 0 bridgehead atoms. The first-order valence-electron chi connectivity index (χ1n) is 13.1. The predicted molar refractivity (Wildman–Crippen MR) is 168 cm³/mol. The summed E-state index contributed by atoms with van der Waals surface area (Å²) in [6.07, 6.45) is 2.76. The van der Waals surface area contributed by atoms with E-state index in [1.54, 1.807) is 36.5 Å². The maximum Gasteiger partial charge on any atom is 0.296 e. The van der Waals surface area contributed by atoms with Crippen LogP contribution in [-0.2, 0) is 10.0 Å². The second-order valence-electron chi connectivity index (χ2n) is 10.0. The number of aryl methyl sites for hydroxylation is 1. The van der Waals surface area contributed by atoms with Crippen LogP contribution in [0.2, 0.25) is 0 Å². The first kappa shape index (κ1) is 29.8. The molecule has 1 saturated heterocycles. The van der Waals surface area contributed by atoms with Gasteiger partial charge in [-0.1, -0.05) is 6.07 Å². The van der Waals surface area contributed by atoms with Gasteiger partial charge in [-0.25, -0.2) is 8.42 Å². The number of nitro groups is 1. The number of nitrogens with zero attached hydrogens (tertiary/aromatic N) is 4. The van der Waals surface area contributed by atoms with Gasteiger partial charge in [0.15, 0.2) is 5.11 Å². The number of anilines is 2. The second kappa shape index (κ2) is 11.5. The lowest BCUT2D eigenvalue weighted by Crippen LogP contribution is -2.29. The highest BCUT2D eigenvalue weighted by Gasteiger charge is 2.42. The summed E-state index contributed by atoms with van der Waals surface area (Å²) in [4.78, 5) is 18.1. The molecule has 0 amide bonds. The van der Waals surface area contributed by atoms with Gasteiger partial charge in [0.2, 0.25) is 10.0 Å². The fourth-order valence-electron chi connectivity index (χ4n) is 5.50. The first-order chi connectivity index (χ1) is 20.4. The standard InChI is InChI=1S/C29H30N6O6S2/c1-17-14-21(18(2)33(17)24-11-10-20(40-3)16-25(24)35(36)37)28-27(22-8-6-7-13-30-22)31-29(42)34(28)19-9-12-26(41-4)23(15-19)32-43(5,38)39/h6-16,27-28,32H,1-5H3,(H,31,42). The molecule has 0 radical (unpaired) electrons. The molecule has 2 aromatic heterocycles. The molecular weight excluding hydrogens is 592 g/mol. The van der Waals surface area contributed by atoms with Gasteiger partial charge in [0, 0.05) is 23.3 Å². The van der Waals surface area contributed by atoms with E-state index in [0.717, 1.165) is 28.9 Å². The Kier molecular flexibility index (Phi) is 7.99. The van der Waals surface area contributed by atoms with E-state index < -0.39 is 27.0 Å². The van der Waals surface area contributed by atoms with Crippen molar-refractivity contribution in [3.8, 4) is 17.2 Å². The number of aromatic nitrogens is 2. The molecule has 2 unspecified atom stereocenters. The van der Waals surface area contributed by atoms with Gasteiger partial charge in [-0.05, 0) is 80.2 Å². The Morgan fingerprint density at radius 1 is 1.07 bits per heavy atom. The summed E-state index contributed by atoms with van der Waals surface area (Å²) in [5, 5.41) is 15.9.